The molecule has 0 unspecified atom stereocenters. The van der Waals surface area contributed by atoms with E-state index in [4.69, 9.17) is 0 Å². The van der Waals surface area contributed by atoms with E-state index in [0.29, 0.717) is 0 Å². The zero-order chi connectivity index (χ0) is 9.68. The van der Waals surface area contributed by atoms with Crippen LogP contribution in [0.25, 0.3) is 0 Å². The molecule has 0 aliphatic carbocycles. The van der Waals surface area contributed by atoms with E-state index in [9.17, 15) is 8.78 Å². The Morgan fingerprint density at radius 1 is 1.08 bits per heavy atom. The Labute approximate surface area is 78.5 Å². The van der Waals surface area contributed by atoms with Crippen LogP contribution in [0.15, 0.2) is 0 Å². The minimum atomic E-state index is -2.18. The number of alkyl halides is 2. The Bertz CT molecular complexity index is 132. The van der Waals surface area contributed by atoms with Crippen LogP contribution in [0.2, 0.25) is 0 Å². The topological polar surface area (TPSA) is 6.48 Å². The predicted molar refractivity (Wildman–Crippen MR) is 49.2 cm³/mol. The molecule has 1 saturated heterocycles. The summed E-state index contributed by atoms with van der Waals surface area (Å²) in [7, 11) is 2.09. The number of nitrogens with zero attached hydrogens (tertiary/aromatic N) is 2. The number of halogens is 2. The summed E-state index contributed by atoms with van der Waals surface area (Å²) >= 11 is 0. The summed E-state index contributed by atoms with van der Waals surface area (Å²) in [5, 5.41) is 0. The standard InChI is InChI=1S/C9H18F2N2/c1-12-4-2-6-13(7-3-5-12)8-9(10)11/h9H,2-8H2,1H3. The van der Waals surface area contributed by atoms with Crippen LogP contribution in [-0.4, -0.2) is 56.0 Å². The molecule has 1 aliphatic rings. The van der Waals surface area contributed by atoms with Crippen molar-refractivity contribution < 1.29 is 8.78 Å². The first-order valence-electron chi connectivity index (χ1n) is 4.87. The van der Waals surface area contributed by atoms with E-state index in [-0.39, 0.29) is 6.54 Å². The quantitative estimate of drug-likeness (QED) is 0.650. The van der Waals surface area contributed by atoms with Crippen molar-refractivity contribution in [2.45, 2.75) is 19.3 Å². The molecule has 78 valence electrons. The Balaban J connectivity index is 2.24. The van der Waals surface area contributed by atoms with Crippen LogP contribution in [0.1, 0.15) is 12.8 Å². The molecule has 0 amide bonds. The first-order chi connectivity index (χ1) is 6.18. The van der Waals surface area contributed by atoms with Crippen LogP contribution in [0.3, 0.4) is 0 Å². The summed E-state index contributed by atoms with van der Waals surface area (Å²) in [4.78, 5) is 4.14. The smallest absolute Gasteiger partial charge is 0.251 e. The van der Waals surface area contributed by atoms with Gasteiger partial charge in [-0.2, -0.15) is 0 Å². The molecule has 2 nitrogen and oxygen atoms in total. The summed E-state index contributed by atoms with van der Waals surface area (Å²) in [5.41, 5.74) is 0. The molecule has 0 bridgehead atoms. The SMILES string of the molecule is CN1CCCN(CC(F)F)CCC1. The summed E-state index contributed by atoms with van der Waals surface area (Å²) < 4.78 is 24.2. The van der Waals surface area contributed by atoms with Crippen molar-refractivity contribution in [3.05, 3.63) is 0 Å². The van der Waals surface area contributed by atoms with E-state index >= 15 is 0 Å². The van der Waals surface area contributed by atoms with Crippen LogP contribution in [-0.2, 0) is 0 Å². The van der Waals surface area contributed by atoms with Crippen molar-refractivity contribution in [3.8, 4) is 0 Å². The Morgan fingerprint density at radius 3 is 2.08 bits per heavy atom. The second-order valence-electron chi connectivity index (χ2n) is 3.70. The van der Waals surface area contributed by atoms with Gasteiger partial charge in [-0.3, -0.25) is 4.90 Å². The first kappa shape index (κ1) is 10.9. The van der Waals surface area contributed by atoms with Crippen molar-refractivity contribution in [1.29, 1.82) is 0 Å². The second kappa shape index (κ2) is 5.50. The van der Waals surface area contributed by atoms with Crippen molar-refractivity contribution in [2.75, 3.05) is 39.8 Å². The molecule has 0 saturated carbocycles. The maximum Gasteiger partial charge on any atom is 0.251 e. The predicted octanol–water partition coefficient (Wildman–Crippen LogP) is 1.28. The monoisotopic (exact) mass is 192 g/mol. The van der Waals surface area contributed by atoms with Crippen molar-refractivity contribution in [2.24, 2.45) is 0 Å². The highest BCUT2D eigenvalue weighted by molar-refractivity contribution is 4.65. The van der Waals surface area contributed by atoms with E-state index in [1.54, 1.807) is 0 Å². The van der Waals surface area contributed by atoms with Crippen molar-refractivity contribution in [3.63, 3.8) is 0 Å². The van der Waals surface area contributed by atoms with Crippen LogP contribution < -0.4 is 0 Å². The first-order valence-corrected chi connectivity index (χ1v) is 4.87. The molecule has 0 N–H and O–H groups in total. The molecule has 0 atom stereocenters. The van der Waals surface area contributed by atoms with Crippen LogP contribution in [0, 0.1) is 0 Å². The Kier molecular flexibility index (Phi) is 4.59. The van der Waals surface area contributed by atoms with Gasteiger partial charge in [-0.05, 0) is 46.1 Å². The van der Waals surface area contributed by atoms with Crippen LogP contribution in [0.5, 0.6) is 0 Å². The molecule has 1 aliphatic heterocycles. The summed E-state index contributed by atoms with van der Waals surface area (Å²) in [6.07, 6.45) is -0.177. The molecule has 1 rings (SSSR count). The molecule has 1 heterocycles. The second-order valence-corrected chi connectivity index (χ2v) is 3.70. The van der Waals surface area contributed by atoms with Gasteiger partial charge in [-0.1, -0.05) is 0 Å². The van der Waals surface area contributed by atoms with Gasteiger partial charge in [0.15, 0.2) is 0 Å². The van der Waals surface area contributed by atoms with E-state index in [1.807, 2.05) is 4.90 Å². The molecular weight excluding hydrogens is 174 g/mol. The van der Waals surface area contributed by atoms with Crippen molar-refractivity contribution >= 4 is 0 Å². The lowest BCUT2D eigenvalue weighted by Gasteiger charge is -2.27. The zero-order valence-corrected chi connectivity index (χ0v) is 8.18. The van der Waals surface area contributed by atoms with E-state index < -0.39 is 6.43 Å². The van der Waals surface area contributed by atoms with Gasteiger partial charge in [0, 0.05) is 0 Å². The highest BCUT2D eigenvalue weighted by atomic mass is 19.3. The Morgan fingerprint density at radius 2 is 1.62 bits per heavy atom. The third kappa shape index (κ3) is 4.52. The van der Waals surface area contributed by atoms with Gasteiger partial charge in [0.25, 0.3) is 6.43 Å². The average Bonchev–Trinajstić information content (AvgIpc) is 1.99. The fourth-order valence-corrected chi connectivity index (χ4v) is 1.73. The zero-order valence-electron chi connectivity index (χ0n) is 8.18. The Hall–Kier alpha value is -0.220. The fourth-order valence-electron chi connectivity index (χ4n) is 1.73. The molecule has 13 heavy (non-hydrogen) atoms. The van der Waals surface area contributed by atoms with Gasteiger partial charge >= 0.3 is 0 Å². The molecule has 4 heteroatoms. The van der Waals surface area contributed by atoms with Gasteiger partial charge in [0.2, 0.25) is 0 Å². The van der Waals surface area contributed by atoms with Crippen LogP contribution >= 0.6 is 0 Å². The lowest BCUT2D eigenvalue weighted by molar-refractivity contribution is 0.0792. The molecular formula is C9H18F2N2. The normalized spacial score (nSPS) is 23.1. The van der Waals surface area contributed by atoms with Gasteiger partial charge in [0.1, 0.15) is 0 Å². The lowest BCUT2D eigenvalue weighted by atomic mass is 10.2. The molecule has 0 aromatic carbocycles. The molecule has 0 aromatic rings. The highest BCUT2D eigenvalue weighted by Crippen LogP contribution is 2.05. The maximum absolute atomic E-state index is 12.1. The van der Waals surface area contributed by atoms with Crippen LogP contribution in [0.4, 0.5) is 8.78 Å². The molecule has 0 aromatic heterocycles. The third-order valence-corrected chi connectivity index (χ3v) is 2.42. The molecule has 0 spiro atoms. The summed E-state index contributed by atoms with van der Waals surface area (Å²) in [6.45, 7) is 3.63. The summed E-state index contributed by atoms with van der Waals surface area (Å²) in [6, 6.07) is 0. The van der Waals surface area contributed by atoms with Crippen molar-refractivity contribution in [1.82, 2.24) is 9.80 Å². The molecule has 1 fully saturated rings. The number of rotatable bonds is 2. The third-order valence-electron chi connectivity index (χ3n) is 2.42. The number of hydrogen-bond donors (Lipinski definition) is 0. The average molecular weight is 192 g/mol. The van der Waals surface area contributed by atoms with E-state index in [1.165, 1.54) is 0 Å². The highest BCUT2D eigenvalue weighted by Gasteiger charge is 2.14. The minimum Gasteiger partial charge on any atom is -0.306 e. The fraction of sp³-hybridized carbons (Fsp3) is 1.00. The van der Waals surface area contributed by atoms with Gasteiger partial charge in [0.05, 0.1) is 6.54 Å². The minimum absolute atomic E-state index is 0.0519. The molecule has 0 radical (unpaired) electrons. The lowest BCUT2D eigenvalue weighted by Crippen LogP contribution is -2.37. The van der Waals surface area contributed by atoms with Gasteiger partial charge in [-0.25, -0.2) is 8.78 Å². The largest absolute Gasteiger partial charge is 0.306 e. The van der Waals surface area contributed by atoms with Gasteiger partial charge in [-0.15, -0.1) is 0 Å². The number of hydrogen-bond acceptors (Lipinski definition) is 2. The van der Waals surface area contributed by atoms with E-state index in [2.05, 4.69) is 11.9 Å². The maximum atomic E-state index is 12.1. The van der Waals surface area contributed by atoms with Gasteiger partial charge < -0.3 is 4.90 Å². The van der Waals surface area contributed by atoms with E-state index in [0.717, 1.165) is 39.0 Å². The summed E-state index contributed by atoms with van der Waals surface area (Å²) in [5.74, 6) is 0.